The number of carbonyl (C=O) groups is 1. The number of urea groups is 1. The van der Waals surface area contributed by atoms with E-state index in [1.807, 2.05) is 54.3 Å². The molecule has 5 rings (SSSR count). The number of para-hydroxylation sites is 1. The van der Waals surface area contributed by atoms with Crippen LogP contribution in [0.4, 0.5) is 10.5 Å². The number of aryl methyl sites for hydroxylation is 1. The average Bonchev–Trinajstić information content (AvgIpc) is 3.21. The van der Waals surface area contributed by atoms with E-state index in [0.29, 0.717) is 11.6 Å². The second-order valence-electron chi connectivity index (χ2n) is 8.22. The molecule has 0 saturated carbocycles. The summed E-state index contributed by atoms with van der Waals surface area (Å²) in [5, 5.41) is 3.74. The summed E-state index contributed by atoms with van der Waals surface area (Å²) in [6.45, 7) is 4.48. The molecule has 1 aromatic heterocycles. The van der Waals surface area contributed by atoms with Crippen LogP contribution in [0.25, 0.3) is 5.69 Å². The number of amides is 2. The number of benzene rings is 3. The van der Waals surface area contributed by atoms with Gasteiger partial charge in [-0.3, -0.25) is 0 Å². The number of aromatic nitrogens is 1. The molecule has 1 aliphatic heterocycles. The molecule has 0 saturated heterocycles. The van der Waals surface area contributed by atoms with Gasteiger partial charge in [-0.1, -0.05) is 65.7 Å². The van der Waals surface area contributed by atoms with Gasteiger partial charge >= 0.3 is 6.03 Å². The highest BCUT2D eigenvalue weighted by atomic mass is 35.5. The van der Waals surface area contributed by atoms with Crippen LogP contribution < -0.4 is 5.32 Å². The molecule has 0 radical (unpaired) electrons. The van der Waals surface area contributed by atoms with Crippen LogP contribution in [0.15, 0.2) is 85.1 Å². The topological polar surface area (TPSA) is 37.3 Å². The first-order valence-electron chi connectivity index (χ1n) is 10.7. The van der Waals surface area contributed by atoms with Gasteiger partial charge in [0, 0.05) is 22.6 Å². The van der Waals surface area contributed by atoms with Crippen molar-refractivity contribution < 1.29 is 4.79 Å². The van der Waals surface area contributed by atoms with Crippen molar-refractivity contribution >= 4 is 23.3 Å². The molecule has 0 bridgehead atoms. The van der Waals surface area contributed by atoms with Gasteiger partial charge in [0.05, 0.1) is 18.3 Å². The molecule has 160 valence electrons. The smallest absolute Gasteiger partial charge is 0.318 e. The van der Waals surface area contributed by atoms with Gasteiger partial charge in [0.25, 0.3) is 0 Å². The molecule has 3 aromatic carbocycles. The van der Waals surface area contributed by atoms with Crippen LogP contribution in [0, 0.1) is 13.8 Å². The number of nitrogens with one attached hydrogen (secondary N) is 1. The Balaban J connectivity index is 1.65. The normalized spacial score (nSPS) is 15.0. The number of rotatable bonds is 2. The van der Waals surface area contributed by atoms with Crippen molar-refractivity contribution in [1.29, 1.82) is 0 Å². The molecule has 2 amide bonds. The Kier molecular flexibility index (Phi) is 5.24. The van der Waals surface area contributed by atoms with Gasteiger partial charge in [-0.25, -0.2) is 4.79 Å². The highest BCUT2D eigenvalue weighted by Gasteiger charge is 2.33. The van der Waals surface area contributed by atoms with E-state index in [0.717, 1.165) is 39.3 Å². The van der Waals surface area contributed by atoms with Crippen LogP contribution in [0.5, 0.6) is 0 Å². The number of halogens is 1. The molecular formula is C27H24ClN3O. The molecular weight excluding hydrogens is 418 g/mol. The minimum absolute atomic E-state index is 0.161. The van der Waals surface area contributed by atoms with Crippen LogP contribution in [-0.2, 0) is 6.54 Å². The van der Waals surface area contributed by atoms with E-state index in [2.05, 4.69) is 59.4 Å². The largest absolute Gasteiger partial charge is 0.322 e. The Morgan fingerprint density at radius 2 is 1.78 bits per heavy atom. The van der Waals surface area contributed by atoms with Crippen LogP contribution in [0.1, 0.15) is 34.0 Å². The Labute approximate surface area is 193 Å². The number of nitrogens with zero attached hydrogens (tertiary/aromatic N) is 2. The van der Waals surface area contributed by atoms with Gasteiger partial charge in [0.1, 0.15) is 0 Å². The predicted molar refractivity (Wildman–Crippen MR) is 130 cm³/mol. The highest BCUT2D eigenvalue weighted by Crippen LogP contribution is 2.37. The lowest BCUT2D eigenvalue weighted by Gasteiger charge is -2.31. The summed E-state index contributed by atoms with van der Waals surface area (Å²) < 4.78 is 2.19. The van der Waals surface area contributed by atoms with Gasteiger partial charge in [0.2, 0.25) is 0 Å². The lowest BCUT2D eigenvalue weighted by molar-refractivity contribution is 0.194. The summed E-state index contributed by atoms with van der Waals surface area (Å²) in [5.74, 6) is 0. The van der Waals surface area contributed by atoms with Gasteiger partial charge in [0.15, 0.2) is 0 Å². The maximum atomic E-state index is 13.8. The van der Waals surface area contributed by atoms with E-state index in [9.17, 15) is 4.79 Å². The minimum atomic E-state index is -0.239. The van der Waals surface area contributed by atoms with Crippen molar-refractivity contribution in [3.05, 3.63) is 118 Å². The van der Waals surface area contributed by atoms with Crippen LogP contribution in [0.2, 0.25) is 5.02 Å². The summed E-state index contributed by atoms with van der Waals surface area (Å²) >= 11 is 6.30. The summed E-state index contributed by atoms with van der Waals surface area (Å²) in [6, 6.07) is 25.9. The first kappa shape index (κ1) is 20.4. The molecule has 0 fully saturated rings. The van der Waals surface area contributed by atoms with Crippen molar-refractivity contribution in [3.63, 3.8) is 0 Å². The molecule has 1 atom stereocenters. The number of anilines is 1. The molecule has 1 N–H and O–H groups in total. The summed E-state index contributed by atoms with van der Waals surface area (Å²) in [4.78, 5) is 15.7. The lowest BCUT2D eigenvalue weighted by atomic mass is 10.00. The fourth-order valence-electron chi connectivity index (χ4n) is 4.46. The summed E-state index contributed by atoms with van der Waals surface area (Å²) in [6.07, 6.45) is 2.07. The summed E-state index contributed by atoms with van der Waals surface area (Å²) in [7, 11) is 0. The van der Waals surface area contributed by atoms with Gasteiger partial charge in [-0.15, -0.1) is 0 Å². The molecule has 0 unspecified atom stereocenters. The zero-order chi connectivity index (χ0) is 22.2. The van der Waals surface area contributed by atoms with Crippen LogP contribution >= 0.6 is 11.6 Å². The van der Waals surface area contributed by atoms with Crippen molar-refractivity contribution in [1.82, 2.24) is 9.47 Å². The predicted octanol–water partition coefficient (Wildman–Crippen LogP) is 6.88. The van der Waals surface area contributed by atoms with Gasteiger partial charge < -0.3 is 14.8 Å². The van der Waals surface area contributed by atoms with Crippen molar-refractivity contribution in [2.75, 3.05) is 5.32 Å². The zero-order valence-corrected chi connectivity index (χ0v) is 18.8. The van der Waals surface area contributed by atoms with E-state index >= 15 is 0 Å². The molecule has 0 spiro atoms. The number of fused-ring (bicyclic) bond motifs is 3. The molecule has 2 heterocycles. The van der Waals surface area contributed by atoms with Crippen molar-refractivity contribution in [2.45, 2.75) is 26.4 Å². The standard InChI is InChI=1S/C27H24ClN3O/c1-18-8-5-10-20(16-18)26-25-14-7-15-30(25)24-13-4-3-9-21(24)17-31(26)27(32)29-23-12-6-11-22(28)19(23)2/h3-16,26H,17H2,1-2H3,(H,29,32)/t26-/m0/s1. The first-order valence-corrected chi connectivity index (χ1v) is 11.1. The number of hydrogen-bond donors (Lipinski definition) is 1. The Bertz CT molecular complexity index is 1310. The third-order valence-corrected chi connectivity index (χ3v) is 6.50. The van der Waals surface area contributed by atoms with E-state index < -0.39 is 0 Å². The maximum Gasteiger partial charge on any atom is 0.322 e. The van der Waals surface area contributed by atoms with Crippen LogP contribution in [0.3, 0.4) is 0 Å². The molecule has 0 aliphatic carbocycles. The van der Waals surface area contributed by atoms with E-state index in [-0.39, 0.29) is 12.1 Å². The number of carbonyl (C=O) groups excluding carboxylic acids is 1. The summed E-state index contributed by atoms with van der Waals surface area (Å²) in [5.41, 5.74) is 7.06. The third-order valence-electron chi connectivity index (χ3n) is 6.09. The molecule has 32 heavy (non-hydrogen) atoms. The molecule has 1 aliphatic rings. The lowest BCUT2D eigenvalue weighted by Crippen LogP contribution is -2.38. The van der Waals surface area contributed by atoms with E-state index in [4.69, 9.17) is 11.6 Å². The van der Waals surface area contributed by atoms with Crippen molar-refractivity contribution in [2.24, 2.45) is 0 Å². The molecule has 4 aromatic rings. The Hall–Kier alpha value is -3.50. The fraction of sp³-hybridized carbons (Fsp3) is 0.148. The monoisotopic (exact) mass is 441 g/mol. The van der Waals surface area contributed by atoms with Crippen LogP contribution in [-0.4, -0.2) is 15.5 Å². The second-order valence-corrected chi connectivity index (χ2v) is 8.63. The van der Waals surface area contributed by atoms with E-state index in [1.54, 1.807) is 0 Å². The fourth-order valence-corrected chi connectivity index (χ4v) is 4.63. The Morgan fingerprint density at radius 3 is 2.62 bits per heavy atom. The average molecular weight is 442 g/mol. The van der Waals surface area contributed by atoms with E-state index in [1.165, 1.54) is 0 Å². The maximum absolute atomic E-state index is 13.8. The SMILES string of the molecule is Cc1cccc([C@H]2c3cccn3-c3ccccc3CN2C(=O)Nc2cccc(Cl)c2C)c1. The minimum Gasteiger partial charge on any atom is -0.318 e. The third kappa shape index (κ3) is 3.57. The Morgan fingerprint density at radius 1 is 0.969 bits per heavy atom. The highest BCUT2D eigenvalue weighted by molar-refractivity contribution is 6.31. The second kappa shape index (κ2) is 8.21. The first-order chi connectivity index (χ1) is 15.5. The number of hydrogen-bond acceptors (Lipinski definition) is 1. The van der Waals surface area contributed by atoms with Gasteiger partial charge in [-0.05, 0) is 60.9 Å². The van der Waals surface area contributed by atoms with Crippen molar-refractivity contribution in [3.8, 4) is 5.69 Å². The zero-order valence-electron chi connectivity index (χ0n) is 18.0. The van der Waals surface area contributed by atoms with Gasteiger partial charge in [-0.2, -0.15) is 0 Å². The quantitative estimate of drug-likeness (QED) is 0.361. The molecule has 5 heteroatoms. The molecule has 4 nitrogen and oxygen atoms in total.